The van der Waals surface area contributed by atoms with Crippen LogP contribution in [0, 0.1) is 0 Å². The van der Waals surface area contributed by atoms with Gasteiger partial charge in [-0.2, -0.15) is 5.10 Å². The van der Waals surface area contributed by atoms with E-state index >= 15 is 0 Å². The van der Waals surface area contributed by atoms with E-state index in [2.05, 4.69) is 46.1 Å². The molecule has 3 atom stereocenters. The van der Waals surface area contributed by atoms with Crippen LogP contribution in [-0.2, 0) is 6.54 Å². The second-order valence-corrected chi connectivity index (χ2v) is 12.1. The first kappa shape index (κ1) is 30.4. The van der Waals surface area contributed by atoms with Crippen molar-refractivity contribution in [2.75, 3.05) is 42.6 Å². The number of hydrogen-bond acceptors (Lipinski definition) is 7. The SMILES string of the molecule is CCCCCCCC(CCCC)N1CC(Cl)Cn2nc(N)c(C(=O)Nc3cnccc3OC3CCCN(C)C3)c21. The van der Waals surface area contributed by atoms with E-state index in [1.54, 1.807) is 12.4 Å². The lowest BCUT2D eigenvalue weighted by Crippen LogP contribution is -2.46. The fourth-order valence-corrected chi connectivity index (χ4v) is 6.29. The first-order valence-electron chi connectivity index (χ1n) is 15.3. The Balaban J connectivity index is 1.56. The summed E-state index contributed by atoms with van der Waals surface area (Å²) in [6.07, 6.45) is 16.0. The molecule has 1 amide bonds. The lowest BCUT2D eigenvalue weighted by molar-refractivity contribution is 0.101. The second kappa shape index (κ2) is 14.9. The minimum absolute atomic E-state index is 0.0681. The van der Waals surface area contributed by atoms with Crippen molar-refractivity contribution in [2.24, 2.45) is 0 Å². The molecule has 0 aliphatic carbocycles. The molecule has 222 valence electrons. The van der Waals surface area contributed by atoms with Gasteiger partial charge < -0.3 is 25.6 Å². The second-order valence-electron chi connectivity index (χ2n) is 11.5. The molecule has 0 spiro atoms. The van der Waals surface area contributed by atoms with E-state index in [1.165, 1.54) is 25.7 Å². The summed E-state index contributed by atoms with van der Waals surface area (Å²) >= 11 is 6.74. The van der Waals surface area contributed by atoms with Crippen molar-refractivity contribution >= 4 is 34.8 Å². The molecule has 2 aliphatic rings. The van der Waals surface area contributed by atoms with E-state index < -0.39 is 0 Å². The van der Waals surface area contributed by atoms with Gasteiger partial charge in [0, 0.05) is 31.4 Å². The van der Waals surface area contributed by atoms with Crippen LogP contribution < -0.4 is 20.7 Å². The summed E-state index contributed by atoms with van der Waals surface area (Å²) in [6, 6.07) is 2.09. The Morgan fingerprint density at radius 1 is 1.15 bits per heavy atom. The number of carbonyl (C=O) groups is 1. The quantitative estimate of drug-likeness (QED) is 0.213. The van der Waals surface area contributed by atoms with Gasteiger partial charge >= 0.3 is 0 Å². The van der Waals surface area contributed by atoms with Crippen LogP contribution in [0.2, 0.25) is 0 Å². The Hall–Kier alpha value is -2.52. The number of ether oxygens (including phenoxy) is 1. The monoisotopic (exact) mass is 573 g/mol. The maximum atomic E-state index is 13.9. The largest absolute Gasteiger partial charge is 0.487 e. The molecular weight excluding hydrogens is 526 g/mol. The lowest BCUT2D eigenvalue weighted by Gasteiger charge is -2.39. The summed E-state index contributed by atoms with van der Waals surface area (Å²) < 4.78 is 8.16. The molecular formula is C30H48ClN7O2. The van der Waals surface area contributed by atoms with Crippen molar-refractivity contribution in [3.8, 4) is 5.75 Å². The number of fused-ring (bicyclic) bond motifs is 1. The highest BCUT2D eigenvalue weighted by Crippen LogP contribution is 2.36. The van der Waals surface area contributed by atoms with Gasteiger partial charge in [0.15, 0.2) is 5.82 Å². The third kappa shape index (κ3) is 7.81. The minimum Gasteiger partial charge on any atom is -0.487 e. The summed E-state index contributed by atoms with van der Waals surface area (Å²) in [6.45, 7) is 7.59. The zero-order valence-corrected chi connectivity index (χ0v) is 25.3. The lowest BCUT2D eigenvalue weighted by atomic mass is 9.99. The Bertz CT molecular complexity index is 1090. The number of halogens is 1. The molecule has 2 aliphatic heterocycles. The van der Waals surface area contributed by atoms with Gasteiger partial charge in [0.1, 0.15) is 28.9 Å². The number of rotatable bonds is 14. The van der Waals surface area contributed by atoms with Crippen LogP contribution in [0.4, 0.5) is 17.3 Å². The highest BCUT2D eigenvalue weighted by molar-refractivity contribution is 6.21. The molecule has 0 aromatic carbocycles. The number of carbonyl (C=O) groups excluding carboxylic acids is 1. The van der Waals surface area contributed by atoms with Gasteiger partial charge in [-0.15, -0.1) is 11.6 Å². The molecule has 10 heteroatoms. The standard InChI is InChI=1S/C30H48ClN7O2/c1-4-6-8-9-10-13-23(12-7-5-2)37-19-22(31)20-38-30(37)27(28(32)35-38)29(39)34-25-18-33-16-15-26(25)40-24-14-11-17-36(3)21-24/h15-16,18,22-24H,4-14,17,19-21H2,1-3H3,(H2,32,35)(H,34,39). The average Bonchev–Trinajstić information content (AvgIpc) is 3.26. The van der Waals surface area contributed by atoms with Crippen LogP contribution in [0.25, 0.3) is 0 Å². The van der Waals surface area contributed by atoms with Crippen LogP contribution in [-0.4, -0.2) is 69.8 Å². The number of nitrogen functional groups attached to an aromatic ring is 1. The zero-order chi connectivity index (χ0) is 28.5. The van der Waals surface area contributed by atoms with Crippen molar-refractivity contribution in [1.29, 1.82) is 0 Å². The topological polar surface area (TPSA) is 102 Å². The zero-order valence-electron chi connectivity index (χ0n) is 24.6. The van der Waals surface area contributed by atoms with Gasteiger partial charge in [0.2, 0.25) is 0 Å². The van der Waals surface area contributed by atoms with Crippen molar-refractivity contribution in [3.63, 3.8) is 0 Å². The molecule has 3 unspecified atom stereocenters. The first-order chi connectivity index (χ1) is 19.4. The molecule has 4 heterocycles. The van der Waals surface area contributed by atoms with Crippen molar-refractivity contribution in [2.45, 2.75) is 109 Å². The molecule has 40 heavy (non-hydrogen) atoms. The van der Waals surface area contributed by atoms with E-state index in [9.17, 15) is 4.79 Å². The number of likely N-dealkylation sites (N-methyl/N-ethyl adjacent to an activating group) is 1. The number of nitrogens with one attached hydrogen (secondary N) is 1. The molecule has 0 radical (unpaired) electrons. The van der Waals surface area contributed by atoms with Crippen molar-refractivity contribution < 1.29 is 9.53 Å². The molecule has 2 aromatic heterocycles. The van der Waals surface area contributed by atoms with Gasteiger partial charge in [-0.3, -0.25) is 9.78 Å². The van der Waals surface area contributed by atoms with Gasteiger partial charge in [-0.1, -0.05) is 58.8 Å². The van der Waals surface area contributed by atoms with Gasteiger partial charge in [0.25, 0.3) is 5.91 Å². The third-order valence-electron chi connectivity index (χ3n) is 8.09. The Kier molecular flexibility index (Phi) is 11.4. The molecule has 0 bridgehead atoms. The third-order valence-corrected chi connectivity index (χ3v) is 8.37. The molecule has 1 fully saturated rings. The van der Waals surface area contributed by atoms with Crippen LogP contribution in [0.3, 0.4) is 0 Å². The number of hydrogen-bond donors (Lipinski definition) is 2. The van der Waals surface area contributed by atoms with Gasteiger partial charge in [0.05, 0.1) is 18.1 Å². The summed E-state index contributed by atoms with van der Waals surface area (Å²) in [5, 5.41) is 7.53. The number of aromatic nitrogens is 3. The average molecular weight is 574 g/mol. The number of alkyl halides is 1. The number of anilines is 3. The summed E-state index contributed by atoms with van der Waals surface area (Å²) in [4.78, 5) is 22.7. The van der Waals surface area contributed by atoms with Crippen LogP contribution in [0.5, 0.6) is 5.75 Å². The van der Waals surface area contributed by atoms with Crippen molar-refractivity contribution in [3.05, 3.63) is 24.0 Å². The maximum absolute atomic E-state index is 13.9. The van der Waals surface area contributed by atoms with E-state index in [1.807, 2.05) is 10.7 Å². The van der Waals surface area contributed by atoms with Gasteiger partial charge in [-0.05, 0) is 39.3 Å². The predicted molar refractivity (Wildman–Crippen MR) is 164 cm³/mol. The van der Waals surface area contributed by atoms with E-state index in [-0.39, 0.29) is 29.2 Å². The van der Waals surface area contributed by atoms with E-state index in [0.29, 0.717) is 30.1 Å². The minimum atomic E-state index is -0.299. The molecule has 0 saturated carbocycles. The number of nitrogens with two attached hydrogens (primary N) is 1. The first-order valence-corrected chi connectivity index (χ1v) is 15.7. The Morgan fingerprint density at radius 3 is 2.70 bits per heavy atom. The number of nitrogens with zero attached hydrogens (tertiary/aromatic N) is 5. The highest BCUT2D eigenvalue weighted by atomic mass is 35.5. The van der Waals surface area contributed by atoms with Crippen LogP contribution in [0.1, 0.15) is 94.8 Å². The Labute approximate surface area is 244 Å². The highest BCUT2D eigenvalue weighted by Gasteiger charge is 2.35. The molecule has 1 saturated heterocycles. The number of likely N-dealkylation sites (tertiary alicyclic amines) is 1. The van der Waals surface area contributed by atoms with Crippen LogP contribution >= 0.6 is 11.6 Å². The summed E-state index contributed by atoms with van der Waals surface area (Å²) in [7, 11) is 2.10. The Morgan fingerprint density at radius 2 is 1.93 bits per heavy atom. The molecule has 9 nitrogen and oxygen atoms in total. The molecule has 2 aromatic rings. The van der Waals surface area contributed by atoms with E-state index in [0.717, 1.165) is 63.9 Å². The number of unbranched alkanes of at least 4 members (excludes halogenated alkanes) is 5. The molecule has 3 N–H and O–H groups in total. The van der Waals surface area contributed by atoms with E-state index in [4.69, 9.17) is 22.1 Å². The maximum Gasteiger partial charge on any atom is 0.263 e. The predicted octanol–water partition coefficient (Wildman–Crippen LogP) is 5.93. The fraction of sp³-hybridized carbons (Fsp3) is 0.700. The summed E-state index contributed by atoms with van der Waals surface area (Å²) in [5.41, 5.74) is 7.37. The molecule has 4 rings (SSSR count). The van der Waals surface area contributed by atoms with Crippen molar-refractivity contribution in [1.82, 2.24) is 19.7 Å². The number of piperidine rings is 1. The van der Waals surface area contributed by atoms with Gasteiger partial charge in [-0.25, -0.2) is 4.68 Å². The number of pyridine rings is 1. The normalized spacial score (nSPS) is 20.2. The fourth-order valence-electron chi connectivity index (χ4n) is 6.01. The number of amides is 1. The summed E-state index contributed by atoms with van der Waals surface area (Å²) in [5.74, 6) is 1.32. The van der Waals surface area contributed by atoms with Crippen LogP contribution in [0.15, 0.2) is 18.5 Å². The smallest absolute Gasteiger partial charge is 0.263 e.